The molecule has 13 rings (SSSR count). The van der Waals surface area contributed by atoms with Crippen molar-refractivity contribution in [2.45, 2.75) is 146 Å². The number of benzene rings is 9. The first kappa shape index (κ1) is 38.7. The van der Waals surface area contributed by atoms with Gasteiger partial charge in [-0.25, -0.2) is 0 Å². The maximum absolute atomic E-state index is 10.6. The fourth-order valence-electron chi connectivity index (χ4n) is 12.3. The average molecular weight is 1030 g/mol. The smallest absolute Gasteiger partial charge is 0.0581 e. The van der Waals surface area contributed by atoms with Crippen molar-refractivity contribution in [3.8, 4) is 22.3 Å². The Morgan fingerprint density at radius 2 is 0.692 bits per heavy atom. The Balaban J connectivity index is 1.30. The lowest BCUT2D eigenvalue weighted by atomic mass is 9.59. The number of hydrogen-bond donors (Lipinski definition) is 0. The van der Waals surface area contributed by atoms with Gasteiger partial charge in [0.25, 0.3) is 0 Å². The van der Waals surface area contributed by atoms with Gasteiger partial charge in [-0.2, -0.15) is 0 Å². The largest absolute Gasteiger partial charge is 0.0633 e. The predicted molar refractivity (Wildman–Crippen MR) is 342 cm³/mol. The van der Waals surface area contributed by atoms with E-state index in [1.54, 1.807) is 0 Å². The van der Waals surface area contributed by atoms with Gasteiger partial charge in [-0.3, -0.25) is 0 Å². The molecule has 0 radical (unpaired) electrons. The van der Waals surface area contributed by atoms with Gasteiger partial charge >= 0.3 is 0 Å². The molecule has 0 amide bonds. The highest BCUT2D eigenvalue weighted by molar-refractivity contribution is 6.28. The summed E-state index contributed by atoms with van der Waals surface area (Å²) < 4.78 is 122. The summed E-state index contributed by atoms with van der Waals surface area (Å²) in [6, 6.07) is 20.5. The molecule has 0 aliphatic heterocycles. The summed E-state index contributed by atoms with van der Waals surface area (Å²) >= 11 is 0. The summed E-state index contributed by atoms with van der Waals surface area (Å²) in [4.78, 5) is 0. The summed E-state index contributed by atoms with van der Waals surface area (Å²) in [5, 5.41) is 7.24. The van der Waals surface area contributed by atoms with E-state index in [-0.39, 0.29) is 66.5 Å². The lowest BCUT2D eigenvalue weighted by Crippen LogP contribution is -2.32. The zero-order chi connectivity index (χ0) is 65.7. The average Bonchev–Trinajstić information content (AvgIpc) is 0.709. The summed E-state index contributed by atoms with van der Waals surface area (Å²) in [6.45, 7) is 36.4. The summed E-state index contributed by atoms with van der Waals surface area (Å²) in [5.41, 5.74) is 6.09. The van der Waals surface area contributed by atoms with Crippen LogP contribution in [0.25, 0.3) is 92.5 Å². The highest BCUT2D eigenvalue weighted by Crippen LogP contribution is 2.56. The predicted octanol–water partition coefficient (Wildman–Crippen LogP) is 22.3. The first-order chi connectivity index (χ1) is 41.5. The minimum Gasteiger partial charge on any atom is -0.0581 e. The van der Waals surface area contributed by atoms with Crippen LogP contribution in [0.4, 0.5) is 0 Å². The Hall–Kier alpha value is -6.76. The topological polar surface area (TPSA) is 0 Å². The van der Waals surface area contributed by atoms with Crippen LogP contribution >= 0.6 is 0 Å². The second-order valence-corrected chi connectivity index (χ2v) is 29.2. The van der Waals surface area contributed by atoms with E-state index in [1.165, 1.54) is 0 Å². The molecule has 0 spiro atoms. The van der Waals surface area contributed by atoms with Crippen molar-refractivity contribution >= 4 is 70.2 Å². The number of allylic oxidation sites excluding steroid dienone is 14. The Morgan fingerprint density at radius 1 is 0.333 bits per heavy atom. The standard InChI is InChI=1S/C78H80/c1-73(2,3)55-28-43-19-22-46-31-58(76(10,11)12)40-64-61(37-52(34-55)67(43)70(46)64)49-25-50(62-38-53-35-56(74(4,5)6)29-44-20-23-47-32-59(77(13,14)15)41-65(62)71(47)68(44)53)27-51(26-49)63-39-54-36-57(75(7,8)9)30-45-21-24-48-33-60(78(16,17)18)42-66(63)72(48)69(45)54/h19-42,67,70H,1-18H3/i28D,29D,30D,31D,32D,33D,34D,35D,36D,40D,41D,42D. The van der Waals surface area contributed by atoms with Gasteiger partial charge in [0, 0.05) is 11.8 Å². The Labute approximate surface area is 482 Å². The highest BCUT2D eigenvalue weighted by atomic mass is 14.5. The van der Waals surface area contributed by atoms with Gasteiger partial charge in [0.15, 0.2) is 0 Å². The lowest BCUT2D eigenvalue weighted by Gasteiger charge is -2.44. The van der Waals surface area contributed by atoms with Crippen LogP contribution in [0.5, 0.6) is 0 Å². The Morgan fingerprint density at radius 3 is 1.10 bits per heavy atom. The maximum atomic E-state index is 10.6. The van der Waals surface area contributed by atoms with Gasteiger partial charge in [0.2, 0.25) is 0 Å². The third kappa shape index (κ3) is 8.04. The van der Waals surface area contributed by atoms with E-state index in [0.717, 1.165) is 5.57 Å². The number of hydrogen-bond acceptors (Lipinski definition) is 0. The molecule has 0 nitrogen and oxygen atoms in total. The molecule has 0 saturated heterocycles. The van der Waals surface area contributed by atoms with Gasteiger partial charge in [-0.05, 0) is 229 Å². The minimum atomic E-state index is -0.676. The number of rotatable bonds is 3. The monoisotopic (exact) mass is 1030 g/mol. The quantitative estimate of drug-likeness (QED) is 0.155. The molecule has 0 heterocycles. The van der Waals surface area contributed by atoms with Crippen LogP contribution in [-0.2, 0) is 21.7 Å². The molecule has 0 saturated carbocycles. The van der Waals surface area contributed by atoms with Crippen molar-refractivity contribution in [2.75, 3.05) is 0 Å². The normalized spacial score (nSPS) is 21.1. The van der Waals surface area contributed by atoms with Crippen LogP contribution < -0.4 is 0 Å². The first-order valence-corrected chi connectivity index (χ1v) is 28.2. The maximum Gasteiger partial charge on any atom is 0.0633 e. The molecule has 4 aliphatic rings. The van der Waals surface area contributed by atoms with Gasteiger partial charge in [-0.1, -0.05) is 228 Å². The molecule has 9 aromatic carbocycles. The zero-order valence-electron chi connectivity index (χ0n) is 61.1. The first-order valence-electron chi connectivity index (χ1n) is 34.2. The van der Waals surface area contributed by atoms with Crippen LogP contribution in [0.15, 0.2) is 179 Å². The van der Waals surface area contributed by atoms with E-state index in [4.69, 9.17) is 0 Å². The second-order valence-electron chi connectivity index (χ2n) is 29.2. The Kier molecular flexibility index (Phi) is 8.15. The molecule has 2 atom stereocenters. The van der Waals surface area contributed by atoms with Crippen molar-refractivity contribution < 1.29 is 16.4 Å². The third-order valence-electron chi connectivity index (χ3n) is 16.7. The molecule has 78 heavy (non-hydrogen) atoms. The minimum absolute atomic E-state index is 0.156. The molecule has 0 fully saturated rings. The van der Waals surface area contributed by atoms with Crippen molar-refractivity contribution in [3.05, 3.63) is 207 Å². The van der Waals surface area contributed by atoms with E-state index in [0.29, 0.717) is 154 Å². The molecular formula is C78H80. The van der Waals surface area contributed by atoms with E-state index >= 15 is 0 Å². The van der Waals surface area contributed by atoms with Crippen LogP contribution in [0.2, 0.25) is 0 Å². The molecule has 0 N–H and O–H groups in total. The summed E-state index contributed by atoms with van der Waals surface area (Å²) in [7, 11) is 0. The second kappa shape index (κ2) is 16.4. The van der Waals surface area contributed by atoms with E-state index in [1.807, 2.05) is 173 Å². The fourth-order valence-corrected chi connectivity index (χ4v) is 12.3. The van der Waals surface area contributed by atoms with Crippen LogP contribution in [-0.4, -0.2) is 0 Å². The highest BCUT2D eigenvalue weighted by Gasteiger charge is 2.42. The van der Waals surface area contributed by atoms with Gasteiger partial charge in [0.05, 0.1) is 16.4 Å². The molecule has 392 valence electrons. The molecule has 0 aromatic heterocycles. The van der Waals surface area contributed by atoms with Crippen molar-refractivity contribution in [1.29, 1.82) is 0 Å². The molecule has 9 aromatic rings. The van der Waals surface area contributed by atoms with Crippen molar-refractivity contribution in [1.82, 2.24) is 0 Å². The van der Waals surface area contributed by atoms with Crippen LogP contribution in [0, 0.1) is 22.7 Å². The fraction of sp³-hybridized carbons (Fsp3) is 0.333. The zero-order valence-corrected chi connectivity index (χ0v) is 49.1. The van der Waals surface area contributed by atoms with E-state index in [2.05, 4.69) is 24.3 Å². The van der Waals surface area contributed by atoms with Crippen molar-refractivity contribution in [3.63, 3.8) is 0 Å². The van der Waals surface area contributed by atoms with Gasteiger partial charge in [-0.15, -0.1) is 0 Å². The summed E-state index contributed by atoms with van der Waals surface area (Å²) in [6.07, 6.45) is 5.98. The SMILES string of the molecule is [2H]C1=C2C=CC3=C([2H])C(C(C)(C)C)=C([2H])C4=C(c5cc(-c6cc7c([2H])c(C(C)(C)C)c([2H])c8ccc9c([2H])c(C(C)(C)C)c([2H])c6c9c87)cc(-c6cc7c([2H])c(C(C)(C)C)c([2H])c8ccc9c([2H])c(C(C)(C)C)c([2H])c6c9c87)c5)C=C(C([2H])=C1C(C)(C)C)C2C34. The Bertz CT molecular complexity index is 4820. The molecule has 4 aliphatic carbocycles. The lowest BCUT2D eigenvalue weighted by molar-refractivity contribution is 0.490. The summed E-state index contributed by atoms with van der Waals surface area (Å²) in [5.74, 6) is -1.15. The molecular weight excluding hydrogens is 937 g/mol. The van der Waals surface area contributed by atoms with Crippen molar-refractivity contribution in [2.24, 2.45) is 22.7 Å². The van der Waals surface area contributed by atoms with Gasteiger partial charge < -0.3 is 0 Å². The third-order valence-corrected chi connectivity index (χ3v) is 16.7. The molecule has 0 heteroatoms. The van der Waals surface area contributed by atoms with Crippen LogP contribution in [0.1, 0.15) is 169 Å². The van der Waals surface area contributed by atoms with Crippen LogP contribution in [0.3, 0.4) is 0 Å². The van der Waals surface area contributed by atoms with Gasteiger partial charge in [0.1, 0.15) is 0 Å². The molecule has 2 unspecified atom stereocenters. The molecule has 0 bridgehead atoms. The van der Waals surface area contributed by atoms with E-state index < -0.39 is 44.3 Å². The van der Waals surface area contributed by atoms with E-state index in [9.17, 15) is 16.4 Å².